The number of guanidine groups is 1. The molecule has 0 aromatic heterocycles. The minimum atomic E-state index is 0.293. The fourth-order valence-corrected chi connectivity index (χ4v) is 1.81. The van der Waals surface area contributed by atoms with Crippen molar-refractivity contribution in [3.05, 3.63) is 0 Å². The number of nitrogens with one attached hydrogen (secondary N) is 1. The number of nitrogens with two attached hydrogens (primary N) is 1. The lowest BCUT2D eigenvalue weighted by Gasteiger charge is -2.20. The van der Waals surface area contributed by atoms with Crippen LogP contribution in [0.15, 0.2) is 4.99 Å². The largest absolute Gasteiger partial charge is 0.342 e. The van der Waals surface area contributed by atoms with Crippen LogP contribution in [-0.4, -0.2) is 30.0 Å². The van der Waals surface area contributed by atoms with E-state index in [2.05, 4.69) is 36.1 Å². The molecule has 0 saturated carbocycles. The summed E-state index contributed by atoms with van der Waals surface area (Å²) < 4.78 is 0. The molecule has 1 fully saturated rings. The van der Waals surface area contributed by atoms with Crippen LogP contribution in [0.5, 0.6) is 0 Å². The maximum Gasteiger partial charge on any atom is 0.208 e. The molecule has 0 bridgehead atoms. The zero-order valence-corrected chi connectivity index (χ0v) is 9.45. The van der Waals surface area contributed by atoms with Gasteiger partial charge >= 0.3 is 0 Å². The molecule has 0 aromatic carbocycles. The molecule has 1 aliphatic heterocycles. The van der Waals surface area contributed by atoms with Crippen LogP contribution < -0.4 is 11.3 Å². The predicted molar refractivity (Wildman–Crippen MR) is 59.9 cm³/mol. The molecular weight excluding hydrogens is 176 g/mol. The summed E-state index contributed by atoms with van der Waals surface area (Å²) in [7, 11) is 0. The number of hydrazine groups is 1. The molecular formula is C10H22N4. The summed E-state index contributed by atoms with van der Waals surface area (Å²) in [5.74, 6) is 7.12. The second-order valence-corrected chi connectivity index (χ2v) is 4.20. The predicted octanol–water partition coefficient (Wildman–Crippen LogP) is 0.946. The second kappa shape index (κ2) is 5.20. The van der Waals surface area contributed by atoms with E-state index in [1.165, 1.54) is 12.8 Å². The SMILES string of the molecule is CCC1CCN(C(=NC(C)C)NN)C1. The molecule has 1 saturated heterocycles. The number of hydrogen-bond acceptors (Lipinski definition) is 2. The molecule has 1 rings (SSSR count). The van der Waals surface area contributed by atoms with E-state index in [1.807, 2.05) is 0 Å². The molecule has 1 heterocycles. The quantitative estimate of drug-likeness (QED) is 0.300. The van der Waals surface area contributed by atoms with Gasteiger partial charge in [0.25, 0.3) is 0 Å². The number of hydrogen-bond donors (Lipinski definition) is 2. The van der Waals surface area contributed by atoms with E-state index < -0.39 is 0 Å². The van der Waals surface area contributed by atoms with Crippen molar-refractivity contribution in [2.45, 2.75) is 39.7 Å². The molecule has 0 aromatic rings. The van der Waals surface area contributed by atoms with Crippen molar-refractivity contribution in [3.63, 3.8) is 0 Å². The normalized spacial score (nSPS) is 23.4. The summed E-state index contributed by atoms with van der Waals surface area (Å²) in [4.78, 5) is 6.70. The van der Waals surface area contributed by atoms with Crippen molar-refractivity contribution < 1.29 is 0 Å². The number of likely N-dealkylation sites (tertiary alicyclic amines) is 1. The van der Waals surface area contributed by atoms with Gasteiger partial charge in [0.2, 0.25) is 5.96 Å². The van der Waals surface area contributed by atoms with Gasteiger partial charge in [-0.3, -0.25) is 5.43 Å². The monoisotopic (exact) mass is 198 g/mol. The Labute approximate surface area is 86.5 Å². The Bertz CT molecular complexity index is 200. The van der Waals surface area contributed by atoms with Crippen LogP contribution >= 0.6 is 0 Å². The van der Waals surface area contributed by atoms with E-state index in [-0.39, 0.29) is 0 Å². The van der Waals surface area contributed by atoms with Crippen LogP contribution in [-0.2, 0) is 0 Å². The van der Waals surface area contributed by atoms with Gasteiger partial charge in [-0.1, -0.05) is 13.3 Å². The summed E-state index contributed by atoms with van der Waals surface area (Å²) >= 11 is 0. The molecule has 82 valence electrons. The topological polar surface area (TPSA) is 53.6 Å². The molecule has 0 spiro atoms. The molecule has 1 unspecified atom stereocenters. The molecule has 0 amide bonds. The molecule has 4 heteroatoms. The van der Waals surface area contributed by atoms with Crippen molar-refractivity contribution in [1.82, 2.24) is 10.3 Å². The van der Waals surface area contributed by atoms with Gasteiger partial charge in [0.1, 0.15) is 0 Å². The van der Waals surface area contributed by atoms with Gasteiger partial charge in [-0.25, -0.2) is 10.8 Å². The molecule has 0 aliphatic carbocycles. The highest BCUT2D eigenvalue weighted by Gasteiger charge is 2.23. The Morgan fingerprint density at radius 1 is 1.64 bits per heavy atom. The van der Waals surface area contributed by atoms with Crippen molar-refractivity contribution in [2.24, 2.45) is 16.8 Å². The van der Waals surface area contributed by atoms with Crippen LogP contribution in [0.3, 0.4) is 0 Å². The first-order valence-electron chi connectivity index (χ1n) is 5.46. The van der Waals surface area contributed by atoms with E-state index in [0.29, 0.717) is 6.04 Å². The maximum atomic E-state index is 5.47. The Kier molecular flexibility index (Phi) is 4.20. The summed E-state index contributed by atoms with van der Waals surface area (Å²) in [6.45, 7) is 8.53. The highest BCUT2D eigenvalue weighted by Crippen LogP contribution is 2.18. The average molecular weight is 198 g/mol. The fourth-order valence-electron chi connectivity index (χ4n) is 1.81. The van der Waals surface area contributed by atoms with Gasteiger partial charge in [-0.15, -0.1) is 0 Å². The third-order valence-electron chi connectivity index (χ3n) is 2.67. The highest BCUT2D eigenvalue weighted by atomic mass is 15.4. The lowest BCUT2D eigenvalue weighted by Crippen LogP contribution is -2.44. The van der Waals surface area contributed by atoms with Crippen LogP contribution in [0.25, 0.3) is 0 Å². The minimum Gasteiger partial charge on any atom is -0.342 e. The van der Waals surface area contributed by atoms with Crippen LogP contribution in [0.4, 0.5) is 0 Å². The lowest BCUT2D eigenvalue weighted by atomic mass is 10.1. The molecule has 1 aliphatic rings. The van der Waals surface area contributed by atoms with Crippen molar-refractivity contribution >= 4 is 5.96 Å². The van der Waals surface area contributed by atoms with Gasteiger partial charge in [-0.05, 0) is 26.2 Å². The maximum absolute atomic E-state index is 5.47. The summed E-state index contributed by atoms with van der Waals surface area (Å²) in [5, 5.41) is 0. The van der Waals surface area contributed by atoms with Gasteiger partial charge < -0.3 is 4.90 Å². The van der Waals surface area contributed by atoms with Crippen LogP contribution in [0, 0.1) is 5.92 Å². The highest BCUT2D eigenvalue weighted by molar-refractivity contribution is 5.79. The average Bonchev–Trinajstić information content (AvgIpc) is 2.62. The number of aliphatic imine (C=N–C) groups is 1. The Morgan fingerprint density at radius 2 is 2.36 bits per heavy atom. The Morgan fingerprint density at radius 3 is 2.79 bits per heavy atom. The van der Waals surface area contributed by atoms with E-state index >= 15 is 0 Å². The van der Waals surface area contributed by atoms with E-state index in [4.69, 9.17) is 5.84 Å². The molecule has 3 N–H and O–H groups in total. The van der Waals surface area contributed by atoms with Crippen LogP contribution in [0.2, 0.25) is 0 Å². The first-order chi connectivity index (χ1) is 6.67. The minimum absolute atomic E-state index is 0.293. The molecule has 4 nitrogen and oxygen atoms in total. The zero-order chi connectivity index (χ0) is 10.6. The lowest BCUT2D eigenvalue weighted by molar-refractivity contribution is 0.453. The zero-order valence-electron chi connectivity index (χ0n) is 9.45. The number of rotatable bonds is 2. The van der Waals surface area contributed by atoms with Gasteiger partial charge in [-0.2, -0.15) is 0 Å². The summed E-state index contributed by atoms with van der Waals surface area (Å²) in [5.41, 5.74) is 2.70. The van der Waals surface area contributed by atoms with Gasteiger partial charge in [0.15, 0.2) is 0 Å². The van der Waals surface area contributed by atoms with Gasteiger partial charge in [0, 0.05) is 19.1 Å². The van der Waals surface area contributed by atoms with E-state index in [1.54, 1.807) is 0 Å². The third-order valence-corrected chi connectivity index (χ3v) is 2.67. The molecule has 14 heavy (non-hydrogen) atoms. The van der Waals surface area contributed by atoms with Gasteiger partial charge in [0.05, 0.1) is 0 Å². The second-order valence-electron chi connectivity index (χ2n) is 4.20. The van der Waals surface area contributed by atoms with Crippen molar-refractivity contribution in [2.75, 3.05) is 13.1 Å². The molecule has 0 radical (unpaired) electrons. The van der Waals surface area contributed by atoms with Crippen molar-refractivity contribution in [1.29, 1.82) is 0 Å². The van der Waals surface area contributed by atoms with Crippen molar-refractivity contribution in [3.8, 4) is 0 Å². The van der Waals surface area contributed by atoms with Crippen LogP contribution in [0.1, 0.15) is 33.6 Å². The first-order valence-corrected chi connectivity index (χ1v) is 5.46. The number of nitrogens with zero attached hydrogens (tertiary/aromatic N) is 2. The molecule has 1 atom stereocenters. The smallest absolute Gasteiger partial charge is 0.208 e. The standard InChI is InChI=1S/C10H22N4/c1-4-9-5-6-14(7-9)10(13-11)12-8(2)3/h8-9H,4-7,11H2,1-3H3,(H,12,13). The third kappa shape index (κ3) is 2.87. The summed E-state index contributed by atoms with van der Waals surface area (Å²) in [6.07, 6.45) is 2.51. The Balaban J connectivity index is 2.55. The first kappa shape index (κ1) is 11.3. The van der Waals surface area contributed by atoms with E-state index in [9.17, 15) is 0 Å². The Hall–Kier alpha value is -0.770. The fraction of sp³-hybridized carbons (Fsp3) is 0.900. The van der Waals surface area contributed by atoms with E-state index in [0.717, 1.165) is 25.0 Å². The summed E-state index contributed by atoms with van der Waals surface area (Å²) in [6, 6.07) is 0.293.